The van der Waals surface area contributed by atoms with Crippen molar-refractivity contribution >= 4 is 20.1 Å². The molecule has 0 heterocycles. The number of benzene rings is 1. The monoisotopic (exact) mass is 308 g/mol. The summed E-state index contributed by atoms with van der Waals surface area (Å²) in [4.78, 5) is 23.4. The molecule has 4 nitrogen and oxygen atoms in total. The first kappa shape index (κ1) is 17.4. The fourth-order valence-electron chi connectivity index (χ4n) is 1.57. The van der Waals surface area contributed by atoms with Gasteiger partial charge in [-0.3, -0.25) is 4.79 Å². The minimum atomic E-state index is -2.10. The number of ether oxygens (including phenoxy) is 1. The average Bonchev–Trinajstić information content (AvgIpc) is 2.35. The number of methoxy groups -OCH3 is 1. The molecule has 1 rings (SSSR count). The predicted octanol–water partition coefficient (Wildman–Crippen LogP) is 4.06. The van der Waals surface area contributed by atoms with E-state index in [1.54, 1.807) is 18.2 Å². The minimum Gasteiger partial charge on any atom is -0.543 e. The molecular formula is C16H24O4Si. The maximum atomic E-state index is 11.8. The van der Waals surface area contributed by atoms with E-state index in [-0.39, 0.29) is 10.8 Å². The standard InChI is InChI=1S/C16H24O4Si/c1-11(17)13-9-8-12(15(18)19-5)10-14(13)20-21(6,7)16(2,3)4/h8-10H,1-7H3. The molecule has 0 fully saturated rings. The molecule has 116 valence electrons. The number of rotatable bonds is 4. The van der Waals surface area contributed by atoms with Gasteiger partial charge in [0.05, 0.1) is 18.2 Å². The lowest BCUT2D eigenvalue weighted by atomic mass is 10.1. The Bertz CT molecular complexity index is 556. The number of carbonyl (C=O) groups excluding carboxylic acids is 2. The lowest BCUT2D eigenvalue weighted by Gasteiger charge is -2.37. The smallest absolute Gasteiger partial charge is 0.337 e. The Morgan fingerprint density at radius 3 is 2.14 bits per heavy atom. The van der Waals surface area contributed by atoms with Gasteiger partial charge in [0.1, 0.15) is 5.75 Å². The van der Waals surface area contributed by atoms with E-state index in [4.69, 9.17) is 9.16 Å². The van der Waals surface area contributed by atoms with Crippen LogP contribution in [-0.2, 0) is 4.74 Å². The third-order valence-electron chi connectivity index (χ3n) is 3.95. The molecule has 0 aromatic heterocycles. The summed E-state index contributed by atoms with van der Waals surface area (Å²) in [5, 5.41) is 0.00231. The molecule has 0 amide bonds. The molecule has 0 N–H and O–H groups in total. The van der Waals surface area contributed by atoms with Crippen molar-refractivity contribution in [2.45, 2.75) is 45.8 Å². The summed E-state index contributed by atoms with van der Waals surface area (Å²) in [5.74, 6) is -0.0534. The molecule has 0 saturated heterocycles. The predicted molar refractivity (Wildman–Crippen MR) is 85.6 cm³/mol. The summed E-state index contributed by atoms with van der Waals surface area (Å²) in [5.41, 5.74) is 0.878. The second-order valence-electron chi connectivity index (χ2n) is 6.62. The Kier molecular flexibility index (Phi) is 4.99. The van der Waals surface area contributed by atoms with Gasteiger partial charge in [0.15, 0.2) is 5.78 Å². The zero-order valence-corrected chi connectivity index (χ0v) is 14.9. The van der Waals surface area contributed by atoms with E-state index < -0.39 is 14.3 Å². The first-order valence-electron chi connectivity index (χ1n) is 6.92. The number of ketones is 1. The fourth-order valence-corrected chi connectivity index (χ4v) is 2.60. The van der Waals surface area contributed by atoms with Crippen LogP contribution in [0.3, 0.4) is 0 Å². The van der Waals surface area contributed by atoms with E-state index in [1.165, 1.54) is 14.0 Å². The van der Waals surface area contributed by atoms with Gasteiger partial charge >= 0.3 is 5.97 Å². The highest BCUT2D eigenvalue weighted by atomic mass is 28.4. The number of esters is 1. The van der Waals surface area contributed by atoms with Crippen LogP contribution in [0.4, 0.5) is 0 Å². The van der Waals surface area contributed by atoms with E-state index >= 15 is 0 Å². The Labute approximate surface area is 127 Å². The van der Waals surface area contributed by atoms with Crippen LogP contribution in [0, 0.1) is 0 Å². The minimum absolute atomic E-state index is 0.00231. The zero-order valence-electron chi connectivity index (χ0n) is 13.9. The SMILES string of the molecule is COC(=O)c1ccc(C(C)=O)c(O[Si](C)(C)C(C)(C)C)c1. The van der Waals surface area contributed by atoms with Gasteiger partial charge in [-0.25, -0.2) is 4.79 Å². The van der Waals surface area contributed by atoms with Crippen LogP contribution in [0.25, 0.3) is 0 Å². The van der Waals surface area contributed by atoms with Gasteiger partial charge in [-0.2, -0.15) is 0 Å². The quantitative estimate of drug-likeness (QED) is 0.478. The van der Waals surface area contributed by atoms with Crippen molar-refractivity contribution in [2.24, 2.45) is 0 Å². The first-order valence-corrected chi connectivity index (χ1v) is 9.83. The average molecular weight is 308 g/mol. The molecule has 0 unspecified atom stereocenters. The lowest BCUT2D eigenvalue weighted by molar-refractivity contribution is 0.0600. The fraction of sp³-hybridized carbons (Fsp3) is 0.500. The first-order chi connectivity index (χ1) is 9.49. The van der Waals surface area contributed by atoms with E-state index in [0.717, 1.165) is 0 Å². The third-order valence-corrected chi connectivity index (χ3v) is 8.30. The highest BCUT2D eigenvalue weighted by molar-refractivity contribution is 6.74. The Hall–Kier alpha value is -1.62. The topological polar surface area (TPSA) is 52.6 Å². The van der Waals surface area contributed by atoms with Gasteiger partial charge in [0.25, 0.3) is 8.32 Å². The van der Waals surface area contributed by atoms with Crippen molar-refractivity contribution in [3.8, 4) is 5.75 Å². The number of hydrogen-bond donors (Lipinski definition) is 0. The van der Waals surface area contributed by atoms with Crippen molar-refractivity contribution in [1.29, 1.82) is 0 Å². The van der Waals surface area contributed by atoms with Crippen molar-refractivity contribution in [3.63, 3.8) is 0 Å². The Balaban J connectivity index is 3.31. The van der Waals surface area contributed by atoms with Crippen LogP contribution in [-0.4, -0.2) is 27.2 Å². The summed E-state index contributed by atoms with van der Waals surface area (Å²) in [7, 11) is -0.766. The molecular weight excluding hydrogens is 284 g/mol. The molecule has 0 radical (unpaired) electrons. The van der Waals surface area contributed by atoms with Gasteiger partial charge in [0, 0.05) is 0 Å². The van der Waals surface area contributed by atoms with Gasteiger partial charge < -0.3 is 9.16 Å². The Morgan fingerprint density at radius 2 is 1.71 bits per heavy atom. The largest absolute Gasteiger partial charge is 0.543 e. The normalized spacial score (nSPS) is 12.0. The van der Waals surface area contributed by atoms with Crippen LogP contribution >= 0.6 is 0 Å². The maximum Gasteiger partial charge on any atom is 0.337 e. The van der Waals surface area contributed by atoms with Crippen molar-refractivity contribution in [3.05, 3.63) is 29.3 Å². The molecule has 5 heteroatoms. The molecule has 0 aliphatic carbocycles. The van der Waals surface area contributed by atoms with Gasteiger partial charge in [0.2, 0.25) is 0 Å². The van der Waals surface area contributed by atoms with E-state index in [1.807, 2.05) is 0 Å². The molecule has 0 bridgehead atoms. The van der Waals surface area contributed by atoms with Crippen molar-refractivity contribution in [1.82, 2.24) is 0 Å². The molecule has 0 saturated carbocycles. The van der Waals surface area contributed by atoms with Crippen LogP contribution in [0.15, 0.2) is 18.2 Å². The second-order valence-corrected chi connectivity index (χ2v) is 11.3. The highest BCUT2D eigenvalue weighted by Crippen LogP contribution is 2.38. The van der Waals surface area contributed by atoms with Crippen LogP contribution in [0.5, 0.6) is 5.75 Å². The van der Waals surface area contributed by atoms with Crippen molar-refractivity contribution in [2.75, 3.05) is 7.11 Å². The number of hydrogen-bond acceptors (Lipinski definition) is 4. The van der Waals surface area contributed by atoms with Crippen LogP contribution < -0.4 is 4.43 Å². The van der Waals surface area contributed by atoms with Gasteiger partial charge in [-0.1, -0.05) is 20.8 Å². The Morgan fingerprint density at radius 1 is 1.14 bits per heavy atom. The van der Waals surface area contributed by atoms with E-state index in [9.17, 15) is 9.59 Å². The molecule has 0 aliphatic rings. The second kappa shape index (κ2) is 6.01. The van der Waals surface area contributed by atoms with E-state index in [0.29, 0.717) is 16.9 Å². The summed E-state index contributed by atoms with van der Waals surface area (Å²) in [6.45, 7) is 12.1. The molecule has 1 aromatic carbocycles. The number of Topliss-reactive ketones (excluding diaryl/α,β-unsaturated/α-hetero) is 1. The molecule has 0 aliphatic heterocycles. The molecule has 0 spiro atoms. The summed E-state index contributed by atoms with van der Waals surface area (Å²) >= 11 is 0. The van der Waals surface area contributed by atoms with Gasteiger partial charge in [-0.15, -0.1) is 0 Å². The molecule has 0 atom stereocenters. The third kappa shape index (κ3) is 3.94. The van der Waals surface area contributed by atoms with Gasteiger partial charge in [-0.05, 0) is 43.3 Å². The highest BCUT2D eigenvalue weighted by Gasteiger charge is 2.39. The van der Waals surface area contributed by atoms with E-state index in [2.05, 4.69) is 33.9 Å². The lowest BCUT2D eigenvalue weighted by Crippen LogP contribution is -2.44. The maximum absolute atomic E-state index is 11.8. The molecule has 1 aromatic rings. The number of carbonyl (C=O) groups is 2. The zero-order chi connectivity index (χ0) is 16.4. The molecule has 21 heavy (non-hydrogen) atoms. The van der Waals surface area contributed by atoms with Crippen LogP contribution in [0.1, 0.15) is 48.4 Å². The summed E-state index contributed by atoms with van der Waals surface area (Å²) < 4.78 is 10.9. The summed E-state index contributed by atoms with van der Waals surface area (Å²) in [6, 6.07) is 4.81. The van der Waals surface area contributed by atoms with Crippen molar-refractivity contribution < 1.29 is 18.8 Å². The summed E-state index contributed by atoms with van der Waals surface area (Å²) in [6.07, 6.45) is 0. The van der Waals surface area contributed by atoms with Crippen LogP contribution in [0.2, 0.25) is 18.1 Å².